The molecule has 0 unspecified atom stereocenters. The lowest BCUT2D eigenvalue weighted by molar-refractivity contribution is -0.134. The Hall–Kier alpha value is -3.48. The van der Waals surface area contributed by atoms with Gasteiger partial charge in [-0.2, -0.15) is 4.98 Å². The number of aliphatic carboxylic acids is 1. The van der Waals surface area contributed by atoms with Gasteiger partial charge in [-0.25, -0.2) is 4.98 Å². The van der Waals surface area contributed by atoms with E-state index in [1.807, 2.05) is 48.5 Å². The van der Waals surface area contributed by atoms with Crippen molar-refractivity contribution in [1.82, 2.24) is 15.0 Å². The van der Waals surface area contributed by atoms with Gasteiger partial charge in [-0.15, -0.1) is 0 Å². The van der Waals surface area contributed by atoms with Crippen molar-refractivity contribution in [3.05, 3.63) is 66.5 Å². The van der Waals surface area contributed by atoms with Crippen LogP contribution in [0.3, 0.4) is 0 Å². The Bertz CT molecular complexity index is 841. The van der Waals surface area contributed by atoms with Gasteiger partial charge < -0.3 is 15.7 Å². The lowest BCUT2D eigenvalue weighted by Gasteiger charge is -2.11. The molecule has 7 nitrogen and oxygen atoms in total. The van der Waals surface area contributed by atoms with Gasteiger partial charge in [-0.05, 0) is 11.6 Å². The highest BCUT2D eigenvalue weighted by Crippen LogP contribution is 2.21. The van der Waals surface area contributed by atoms with Gasteiger partial charge in [0.1, 0.15) is 12.4 Å². The first kappa shape index (κ1) is 16.4. The summed E-state index contributed by atoms with van der Waals surface area (Å²) in [5.74, 6) is -0.110. The molecule has 7 heteroatoms. The summed E-state index contributed by atoms with van der Waals surface area (Å²) in [6.45, 7) is 0.303. The lowest BCUT2D eigenvalue weighted by Crippen LogP contribution is -2.15. The normalized spacial score (nSPS) is 10.2. The van der Waals surface area contributed by atoms with E-state index in [4.69, 9.17) is 5.11 Å². The maximum Gasteiger partial charge on any atom is 0.322 e. The standard InChI is InChI=1S/C18H17N5O2/c24-17(25)12-21-18-22-15(14-6-2-1-3-7-14)9-16(23-18)20-11-13-5-4-8-19-10-13/h1-10H,11-12H2,(H,24,25)(H2,20,21,22,23). The molecule has 126 valence electrons. The molecule has 0 amide bonds. The minimum Gasteiger partial charge on any atom is -0.480 e. The van der Waals surface area contributed by atoms with Crippen LogP contribution in [0, 0.1) is 0 Å². The highest BCUT2D eigenvalue weighted by Gasteiger charge is 2.08. The minimum absolute atomic E-state index is 0.250. The molecular weight excluding hydrogens is 318 g/mol. The summed E-state index contributed by atoms with van der Waals surface area (Å²) in [7, 11) is 0. The van der Waals surface area contributed by atoms with Crippen molar-refractivity contribution >= 4 is 17.7 Å². The van der Waals surface area contributed by atoms with Crippen LogP contribution in [0.1, 0.15) is 5.56 Å². The van der Waals surface area contributed by atoms with Crippen LogP contribution in [-0.2, 0) is 11.3 Å². The van der Waals surface area contributed by atoms with Gasteiger partial charge in [0.2, 0.25) is 5.95 Å². The summed E-state index contributed by atoms with van der Waals surface area (Å²) in [6.07, 6.45) is 3.49. The Morgan fingerprint density at radius 3 is 2.60 bits per heavy atom. The number of carbonyl (C=O) groups is 1. The summed E-state index contributed by atoms with van der Waals surface area (Å²) >= 11 is 0. The fourth-order valence-electron chi connectivity index (χ4n) is 2.22. The summed E-state index contributed by atoms with van der Waals surface area (Å²) in [4.78, 5) is 23.6. The fraction of sp³-hybridized carbons (Fsp3) is 0.111. The molecule has 0 bridgehead atoms. The topological polar surface area (TPSA) is 100 Å². The molecule has 1 aromatic carbocycles. The molecule has 3 N–H and O–H groups in total. The molecule has 3 aromatic rings. The largest absolute Gasteiger partial charge is 0.480 e. The molecule has 0 spiro atoms. The third-order valence-corrected chi connectivity index (χ3v) is 3.39. The number of carboxylic acid groups (broad SMARTS) is 1. The van der Waals surface area contributed by atoms with E-state index in [-0.39, 0.29) is 12.5 Å². The molecule has 0 saturated carbocycles. The number of pyridine rings is 1. The quantitative estimate of drug-likeness (QED) is 0.610. The molecule has 0 aliphatic carbocycles. The summed E-state index contributed by atoms with van der Waals surface area (Å²) < 4.78 is 0. The highest BCUT2D eigenvalue weighted by molar-refractivity contribution is 5.72. The smallest absolute Gasteiger partial charge is 0.322 e. The first-order chi connectivity index (χ1) is 12.2. The SMILES string of the molecule is O=C(O)CNc1nc(NCc2cccnc2)cc(-c2ccccc2)n1. The van der Waals surface area contributed by atoms with E-state index in [9.17, 15) is 4.79 Å². The predicted octanol–water partition coefficient (Wildman–Crippen LogP) is 2.65. The van der Waals surface area contributed by atoms with Gasteiger partial charge in [0.05, 0.1) is 5.69 Å². The number of carboxylic acids is 1. The van der Waals surface area contributed by atoms with Crippen LogP contribution in [0.25, 0.3) is 11.3 Å². The Morgan fingerprint density at radius 1 is 1.04 bits per heavy atom. The van der Waals surface area contributed by atoms with E-state index in [2.05, 4.69) is 25.6 Å². The summed E-state index contributed by atoms with van der Waals surface area (Å²) in [5.41, 5.74) is 2.65. The molecule has 25 heavy (non-hydrogen) atoms. The molecule has 0 aliphatic heterocycles. The first-order valence-electron chi connectivity index (χ1n) is 7.73. The summed E-state index contributed by atoms with van der Waals surface area (Å²) in [5, 5.41) is 14.8. The average molecular weight is 335 g/mol. The van der Waals surface area contributed by atoms with Crippen LogP contribution in [0.4, 0.5) is 11.8 Å². The van der Waals surface area contributed by atoms with Crippen molar-refractivity contribution in [3.8, 4) is 11.3 Å². The van der Waals surface area contributed by atoms with E-state index in [1.54, 1.807) is 12.4 Å². The Labute approximate surface area is 144 Å². The molecular formula is C18H17N5O2. The Kier molecular flexibility index (Phi) is 5.16. The molecule has 3 rings (SSSR count). The molecule has 0 radical (unpaired) electrons. The molecule has 0 saturated heterocycles. The van der Waals surface area contributed by atoms with Crippen molar-refractivity contribution in [3.63, 3.8) is 0 Å². The van der Waals surface area contributed by atoms with Gasteiger partial charge in [-0.1, -0.05) is 36.4 Å². The fourth-order valence-corrected chi connectivity index (χ4v) is 2.22. The monoisotopic (exact) mass is 335 g/mol. The summed E-state index contributed by atoms with van der Waals surface area (Å²) in [6, 6.07) is 15.3. The van der Waals surface area contributed by atoms with Crippen LogP contribution in [-0.4, -0.2) is 32.6 Å². The Morgan fingerprint density at radius 2 is 1.88 bits per heavy atom. The molecule has 2 heterocycles. The number of aromatic nitrogens is 3. The van der Waals surface area contributed by atoms with Crippen LogP contribution in [0.15, 0.2) is 60.9 Å². The number of hydrogen-bond donors (Lipinski definition) is 3. The molecule has 0 aliphatic rings. The van der Waals surface area contributed by atoms with E-state index in [0.717, 1.165) is 11.1 Å². The van der Waals surface area contributed by atoms with Crippen molar-refractivity contribution in [2.45, 2.75) is 6.54 Å². The zero-order valence-corrected chi connectivity index (χ0v) is 13.4. The predicted molar refractivity (Wildman–Crippen MR) is 95.2 cm³/mol. The maximum atomic E-state index is 10.8. The zero-order valence-electron chi connectivity index (χ0n) is 13.4. The number of benzene rings is 1. The average Bonchev–Trinajstić information content (AvgIpc) is 2.66. The highest BCUT2D eigenvalue weighted by atomic mass is 16.4. The van der Waals surface area contributed by atoms with Crippen LogP contribution in [0.5, 0.6) is 0 Å². The maximum absolute atomic E-state index is 10.8. The number of hydrogen-bond acceptors (Lipinski definition) is 6. The number of rotatable bonds is 7. The van der Waals surface area contributed by atoms with Crippen LogP contribution >= 0.6 is 0 Å². The van der Waals surface area contributed by atoms with E-state index in [0.29, 0.717) is 18.1 Å². The first-order valence-corrected chi connectivity index (χ1v) is 7.73. The van der Waals surface area contributed by atoms with Gasteiger partial charge in [0.15, 0.2) is 0 Å². The van der Waals surface area contributed by atoms with Crippen molar-refractivity contribution in [2.24, 2.45) is 0 Å². The lowest BCUT2D eigenvalue weighted by atomic mass is 10.1. The van der Waals surface area contributed by atoms with Crippen molar-refractivity contribution in [2.75, 3.05) is 17.2 Å². The second kappa shape index (κ2) is 7.87. The van der Waals surface area contributed by atoms with Gasteiger partial charge in [-0.3, -0.25) is 9.78 Å². The second-order valence-corrected chi connectivity index (χ2v) is 5.29. The van der Waals surface area contributed by atoms with Gasteiger partial charge >= 0.3 is 5.97 Å². The van der Waals surface area contributed by atoms with Crippen LogP contribution in [0.2, 0.25) is 0 Å². The van der Waals surface area contributed by atoms with Crippen molar-refractivity contribution < 1.29 is 9.90 Å². The van der Waals surface area contributed by atoms with Gasteiger partial charge in [0, 0.05) is 30.6 Å². The molecule has 0 fully saturated rings. The molecule has 2 aromatic heterocycles. The number of nitrogens with one attached hydrogen (secondary N) is 2. The van der Waals surface area contributed by atoms with E-state index < -0.39 is 5.97 Å². The molecule has 0 atom stereocenters. The second-order valence-electron chi connectivity index (χ2n) is 5.29. The number of nitrogens with zero attached hydrogens (tertiary/aromatic N) is 3. The van der Waals surface area contributed by atoms with Crippen molar-refractivity contribution in [1.29, 1.82) is 0 Å². The van der Waals surface area contributed by atoms with E-state index >= 15 is 0 Å². The number of anilines is 2. The van der Waals surface area contributed by atoms with Crippen LogP contribution < -0.4 is 10.6 Å². The Balaban J connectivity index is 1.85. The third kappa shape index (κ3) is 4.74. The minimum atomic E-state index is -0.974. The van der Waals surface area contributed by atoms with Gasteiger partial charge in [0.25, 0.3) is 0 Å². The third-order valence-electron chi connectivity index (χ3n) is 3.39. The zero-order chi connectivity index (χ0) is 17.5. The van der Waals surface area contributed by atoms with E-state index in [1.165, 1.54) is 0 Å².